The van der Waals surface area contributed by atoms with Crippen molar-refractivity contribution < 1.29 is 35.8 Å². The second-order valence-electron chi connectivity index (χ2n) is 8.44. The Labute approximate surface area is 230 Å². The first-order valence-corrected chi connectivity index (χ1v) is 12.0. The minimum absolute atomic E-state index is 0.0188. The van der Waals surface area contributed by atoms with E-state index in [1.54, 1.807) is 0 Å². The number of anilines is 2. The van der Waals surface area contributed by atoms with Crippen LogP contribution in [0.25, 0.3) is 0 Å². The van der Waals surface area contributed by atoms with Crippen molar-refractivity contribution in [3.8, 4) is 23.0 Å². The average molecular weight is 583 g/mol. The van der Waals surface area contributed by atoms with E-state index in [-0.39, 0.29) is 23.0 Å². The van der Waals surface area contributed by atoms with E-state index in [9.17, 15) is 26.3 Å². The van der Waals surface area contributed by atoms with Gasteiger partial charge in [0.1, 0.15) is 23.0 Å². The lowest BCUT2D eigenvalue weighted by molar-refractivity contribution is -0.288. The Morgan fingerprint density at radius 2 is 0.795 bits per heavy atom. The third-order valence-electron chi connectivity index (χ3n) is 5.90. The van der Waals surface area contributed by atoms with Crippen molar-refractivity contribution in [1.29, 1.82) is 0 Å². The van der Waals surface area contributed by atoms with Crippen LogP contribution in [-0.2, 0) is 5.41 Å². The minimum Gasteiger partial charge on any atom is -0.457 e. The van der Waals surface area contributed by atoms with Crippen molar-refractivity contribution in [2.75, 3.05) is 11.5 Å². The summed E-state index contributed by atoms with van der Waals surface area (Å²) in [7, 11) is 0. The van der Waals surface area contributed by atoms with Crippen LogP contribution in [0.2, 0.25) is 0 Å². The number of thiol groups is 2. The fourth-order valence-electron chi connectivity index (χ4n) is 3.97. The Morgan fingerprint density at radius 1 is 0.487 bits per heavy atom. The summed E-state index contributed by atoms with van der Waals surface area (Å²) in [6, 6.07) is 16.0. The predicted octanol–water partition coefficient (Wildman–Crippen LogP) is 8.42. The van der Waals surface area contributed by atoms with Gasteiger partial charge in [-0.15, -0.1) is 25.3 Å². The maximum atomic E-state index is 14.5. The highest BCUT2D eigenvalue weighted by Gasteiger charge is 2.72. The molecule has 0 aromatic heterocycles. The van der Waals surface area contributed by atoms with Crippen molar-refractivity contribution in [3.05, 3.63) is 96.1 Å². The van der Waals surface area contributed by atoms with Gasteiger partial charge in [-0.3, -0.25) is 0 Å². The van der Waals surface area contributed by atoms with Crippen molar-refractivity contribution in [2.45, 2.75) is 27.6 Å². The zero-order valence-corrected chi connectivity index (χ0v) is 21.5. The fourth-order valence-corrected chi connectivity index (χ4v) is 4.38. The molecule has 4 rings (SSSR count). The predicted molar refractivity (Wildman–Crippen MR) is 142 cm³/mol. The summed E-state index contributed by atoms with van der Waals surface area (Å²) >= 11 is 8.33. The third-order valence-corrected chi connectivity index (χ3v) is 6.67. The lowest BCUT2D eigenvalue weighted by atomic mass is 9.73. The van der Waals surface area contributed by atoms with E-state index >= 15 is 0 Å². The summed E-state index contributed by atoms with van der Waals surface area (Å²) in [5.41, 5.74) is 5.73. The monoisotopic (exact) mass is 582 g/mol. The van der Waals surface area contributed by atoms with Gasteiger partial charge in [-0.25, -0.2) is 0 Å². The number of halogens is 6. The van der Waals surface area contributed by atoms with Gasteiger partial charge in [0.15, 0.2) is 0 Å². The summed E-state index contributed by atoms with van der Waals surface area (Å²) in [6.45, 7) is 0. The number of ether oxygens (including phenoxy) is 2. The molecule has 0 saturated heterocycles. The van der Waals surface area contributed by atoms with E-state index in [1.807, 2.05) is 0 Å². The highest BCUT2D eigenvalue weighted by molar-refractivity contribution is 7.80. The van der Waals surface area contributed by atoms with E-state index in [0.717, 1.165) is 48.5 Å². The first-order chi connectivity index (χ1) is 18.2. The van der Waals surface area contributed by atoms with Crippen LogP contribution in [0.3, 0.4) is 0 Å². The maximum absolute atomic E-state index is 14.5. The number of alkyl halides is 6. The minimum atomic E-state index is -5.74. The molecule has 0 bridgehead atoms. The highest BCUT2D eigenvalue weighted by atomic mass is 32.1. The molecule has 0 fully saturated rings. The number of rotatable bonds is 6. The molecule has 0 aliphatic carbocycles. The molecule has 39 heavy (non-hydrogen) atoms. The molecule has 0 aliphatic heterocycles. The van der Waals surface area contributed by atoms with Gasteiger partial charge in [0.2, 0.25) is 5.41 Å². The first kappa shape index (κ1) is 28.4. The summed E-state index contributed by atoms with van der Waals surface area (Å²) in [5.74, 6) is 0.541. The molecule has 0 atom stereocenters. The standard InChI is InChI=1S/C27H20F6N2O2S2/c28-26(29,30)25(27(31,32)33,15-1-5-17(6-2-15)36-19-9-11-21(34)23(38)13-19)16-3-7-18(8-4-16)37-20-10-12-22(35)24(39)14-20/h1-14,38-39H,34-35H2. The van der Waals surface area contributed by atoms with Crippen LogP contribution in [-0.4, -0.2) is 12.4 Å². The molecule has 204 valence electrons. The first-order valence-electron chi connectivity index (χ1n) is 11.1. The second kappa shape index (κ2) is 10.5. The molecule has 4 aromatic carbocycles. The van der Waals surface area contributed by atoms with Crippen LogP contribution >= 0.6 is 25.3 Å². The molecule has 0 radical (unpaired) electrons. The molecule has 0 amide bonds. The van der Waals surface area contributed by atoms with Gasteiger partial charge < -0.3 is 20.9 Å². The Morgan fingerprint density at radius 3 is 1.08 bits per heavy atom. The molecule has 12 heteroatoms. The number of nitrogen functional groups attached to an aromatic ring is 2. The third kappa shape index (κ3) is 5.57. The van der Waals surface area contributed by atoms with Crippen LogP contribution < -0.4 is 20.9 Å². The number of hydrogen-bond donors (Lipinski definition) is 4. The SMILES string of the molecule is Nc1ccc(Oc2ccc(C(c3ccc(Oc4ccc(N)c(S)c4)cc3)(C(F)(F)F)C(F)(F)F)cc2)cc1S. The van der Waals surface area contributed by atoms with Gasteiger partial charge in [-0.1, -0.05) is 24.3 Å². The number of nitrogens with two attached hydrogens (primary N) is 2. The van der Waals surface area contributed by atoms with Gasteiger partial charge >= 0.3 is 12.4 Å². The highest BCUT2D eigenvalue weighted by Crippen LogP contribution is 2.56. The molecule has 0 heterocycles. The smallest absolute Gasteiger partial charge is 0.411 e. The molecule has 4 N–H and O–H groups in total. The van der Waals surface area contributed by atoms with Gasteiger partial charge in [0.25, 0.3) is 0 Å². The summed E-state index contributed by atoms with van der Waals surface area (Å²) in [6.07, 6.45) is -11.5. The van der Waals surface area contributed by atoms with E-state index < -0.39 is 28.9 Å². The van der Waals surface area contributed by atoms with E-state index in [2.05, 4.69) is 25.3 Å². The zero-order chi connectivity index (χ0) is 28.6. The Hall–Kier alpha value is -3.64. The largest absolute Gasteiger partial charge is 0.457 e. The van der Waals surface area contributed by atoms with Crippen molar-refractivity contribution in [2.24, 2.45) is 0 Å². The van der Waals surface area contributed by atoms with E-state index in [4.69, 9.17) is 20.9 Å². The summed E-state index contributed by atoms with van der Waals surface area (Å²) in [4.78, 5) is 0.791. The Balaban J connectivity index is 1.71. The lowest BCUT2D eigenvalue weighted by Crippen LogP contribution is -2.54. The second-order valence-corrected chi connectivity index (χ2v) is 9.40. The van der Waals surface area contributed by atoms with Crippen LogP contribution in [0.1, 0.15) is 11.1 Å². The lowest BCUT2D eigenvalue weighted by Gasteiger charge is -2.38. The number of benzene rings is 4. The van der Waals surface area contributed by atoms with Gasteiger partial charge in [-0.05, 0) is 71.8 Å². The normalized spacial score (nSPS) is 12.3. The van der Waals surface area contributed by atoms with Crippen LogP contribution in [0.4, 0.5) is 37.7 Å². The van der Waals surface area contributed by atoms with Gasteiger partial charge in [0.05, 0.1) is 0 Å². The average Bonchev–Trinajstić information content (AvgIpc) is 2.84. The van der Waals surface area contributed by atoms with Crippen LogP contribution in [0.5, 0.6) is 23.0 Å². The molecule has 4 nitrogen and oxygen atoms in total. The quantitative estimate of drug-likeness (QED) is 0.105. The molecule has 0 spiro atoms. The van der Waals surface area contributed by atoms with Crippen molar-refractivity contribution in [3.63, 3.8) is 0 Å². The number of hydrogen-bond acceptors (Lipinski definition) is 6. The Kier molecular flexibility index (Phi) is 7.63. The van der Waals surface area contributed by atoms with Gasteiger partial charge in [-0.2, -0.15) is 26.3 Å². The summed E-state index contributed by atoms with van der Waals surface area (Å²) in [5, 5.41) is 0. The topological polar surface area (TPSA) is 70.5 Å². The molecule has 0 saturated carbocycles. The molecule has 0 unspecified atom stereocenters. The van der Waals surface area contributed by atoms with Crippen LogP contribution in [0.15, 0.2) is 94.7 Å². The molecular formula is C27H20F6N2O2S2. The molecular weight excluding hydrogens is 562 g/mol. The van der Waals surface area contributed by atoms with E-state index in [0.29, 0.717) is 21.2 Å². The molecule has 4 aromatic rings. The van der Waals surface area contributed by atoms with Gasteiger partial charge in [0, 0.05) is 21.2 Å². The van der Waals surface area contributed by atoms with Crippen LogP contribution in [0, 0.1) is 0 Å². The molecule has 0 aliphatic rings. The van der Waals surface area contributed by atoms with E-state index in [1.165, 1.54) is 36.4 Å². The van der Waals surface area contributed by atoms with Crippen molar-refractivity contribution >= 4 is 36.6 Å². The fraction of sp³-hybridized carbons (Fsp3) is 0.111. The maximum Gasteiger partial charge on any atom is 0.411 e. The Bertz CT molecular complexity index is 1360. The van der Waals surface area contributed by atoms with Crippen molar-refractivity contribution in [1.82, 2.24) is 0 Å². The summed E-state index contributed by atoms with van der Waals surface area (Å²) < 4.78 is 98.0. The zero-order valence-electron chi connectivity index (χ0n) is 19.7.